The van der Waals surface area contributed by atoms with E-state index in [9.17, 15) is 19.7 Å². The summed E-state index contributed by atoms with van der Waals surface area (Å²) in [7, 11) is 0. The van der Waals surface area contributed by atoms with Gasteiger partial charge in [-0.25, -0.2) is 0 Å². The fourth-order valence-electron chi connectivity index (χ4n) is 5.12. The van der Waals surface area contributed by atoms with Crippen LogP contribution in [0.3, 0.4) is 0 Å². The predicted molar refractivity (Wildman–Crippen MR) is 160 cm³/mol. The van der Waals surface area contributed by atoms with Gasteiger partial charge in [0.05, 0.1) is 16.2 Å². The quantitative estimate of drug-likeness (QED) is 0.191. The first-order valence-electron chi connectivity index (χ1n) is 13.8. The summed E-state index contributed by atoms with van der Waals surface area (Å²) in [5.74, 6) is 0.0262. The summed E-state index contributed by atoms with van der Waals surface area (Å²) in [5.41, 5.74) is 3.55. The van der Waals surface area contributed by atoms with E-state index in [1.807, 2.05) is 86.6 Å². The van der Waals surface area contributed by atoms with Gasteiger partial charge in [0, 0.05) is 31.3 Å². The first-order valence-corrected chi connectivity index (χ1v) is 13.8. The third-order valence-electron chi connectivity index (χ3n) is 6.97. The summed E-state index contributed by atoms with van der Waals surface area (Å²) in [5, 5.41) is 14.4. The molecule has 9 nitrogen and oxygen atoms in total. The number of hydrogen-bond donors (Lipinski definition) is 1. The highest BCUT2D eigenvalue weighted by Crippen LogP contribution is 2.42. The number of carbonyl (C=O) groups excluding carboxylic acids is 2. The second-order valence-corrected chi connectivity index (χ2v) is 10.4. The van der Waals surface area contributed by atoms with Crippen molar-refractivity contribution in [2.75, 3.05) is 11.5 Å². The molecule has 5 rings (SSSR count). The zero-order chi connectivity index (χ0) is 29.6. The molecule has 0 aromatic heterocycles. The number of ether oxygens (including phenoxy) is 1. The van der Waals surface area contributed by atoms with Crippen LogP contribution in [0.5, 0.6) is 5.75 Å². The van der Waals surface area contributed by atoms with E-state index in [0.717, 1.165) is 16.7 Å². The second kappa shape index (κ2) is 12.6. The van der Waals surface area contributed by atoms with Crippen LogP contribution in [0.25, 0.3) is 0 Å². The van der Waals surface area contributed by atoms with Crippen LogP contribution in [0, 0.1) is 10.1 Å². The largest absolute Gasteiger partial charge is 0.484 e. The number of fused-ring (bicyclic) bond motifs is 1. The van der Waals surface area contributed by atoms with Gasteiger partial charge in [0.1, 0.15) is 11.9 Å². The highest BCUT2D eigenvalue weighted by Gasteiger charge is 2.39. The Bertz CT molecular complexity index is 1560. The van der Waals surface area contributed by atoms with E-state index in [2.05, 4.69) is 10.2 Å². The van der Waals surface area contributed by atoms with Crippen molar-refractivity contribution < 1.29 is 19.2 Å². The fourth-order valence-corrected chi connectivity index (χ4v) is 5.12. The van der Waals surface area contributed by atoms with Crippen LogP contribution >= 0.6 is 0 Å². The van der Waals surface area contributed by atoms with Crippen LogP contribution in [0.15, 0.2) is 103 Å². The average Bonchev–Trinajstić information content (AvgIpc) is 2.99. The fraction of sp³-hybridized carbons (Fsp3) is 0.212. The molecule has 0 aliphatic carbocycles. The summed E-state index contributed by atoms with van der Waals surface area (Å²) >= 11 is 0. The summed E-state index contributed by atoms with van der Waals surface area (Å²) < 4.78 is 5.70. The van der Waals surface area contributed by atoms with Gasteiger partial charge in [-0.15, -0.1) is 0 Å². The smallest absolute Gasteiger partial charge is 0.270 e. The number of benzene rings is 4. The molecule has 4 aromatic carbocycles. The molecule has 0 saturated carbocycles. The number of nitro benzene ring substituents is 1. The number of nitrogens with one attached hydrogen (secondary N) is 1. The molecule has 0 bridgehead atoms. The molecule has 2 amide bonds. The standard InChI is InChI=1S/C33H32N4O5/c1-23(2)34-31(38)22-42-28-16-13-26(14-17-28)32-35(20-24-9-5-3-6-10-24)30-18-15-27(37(40)41)19-29(30)33(39)36(32)21-25-11-7-4-8-12-25/h3-19,23,32H,20-22H2,1-2H3,(H,34,38)/t32-/m0/s1. The number of non-ortho nitro benzene ring substituents is 1. The molecule has 0 spiro atoms. The van der Waals surface area contributed by atoms with Gasteiger partial charge >= 0.3 is 0 Å². The van der Waals surface area contributed by atoms with E-state index in [0.29, 0.717) is 24.5 Å². The lowest BCUT2D eigenvalue weighted by molar-refractivity contribution is -0.384. The van der Waals surface area contributed by atoms with Gasteiger partial charge < -0.3 is 19.9 Å². The SMILES string of the molecule is CC(C)NC(=O)COc1ccc([C@@H]2N(Cc3ccccc3)C(=O)c3cc([N+](=O)[O-])ccc3N2Cc2ccccc2)cc1. The molecule has 0 fully saturated rings. The molecular weight excluding hydrogens is 532 g/mol. The Morgan fingerprint density at radius 1 is 0.881 bits per heavy atom. The Morgan fingerprint density at radius 3 is 2.05 bits per heavy atom. The summed E-state index contributed by atoms with van der Waals surface area (Å²) in [6.45, 7) is 4.42. The predicted octanol–water partition coefficient (Wildman–Crippen LogP) is 5.86. The highest BCUT2D eigenvalue weighted by atomic mass is 16.6. The minimum atomic E-state index is -0.523. The Balaban J connectivity index is 1.56. The van der Waals surface area contributed by atoms with Gasteiger partial charge in [0.2, 0.25) is 0 Å². The van der Waals surface area contributed by atoms with Crippen molar-refractivity contribution in [3.8, 4) is 5.75 Å². The van der Waals surface area contributed by atoms with Gasteiger partial charge in [-0.3, -0.25) is 19.7 Å². The Kier molecular flexibility index (Phi) is 8.47. The molecule has 0 radical (unpaired) electrons. The molecule has 42 heavy (non-hydrogen) atoms. The molecule has 214 valence electrons. The van der Waals surface area contributed by atoms with Crippen LogP contribution in [-0.4, -0.2) is 34.3 Å². The van der Waals surface area contributed by atoms with E-state index in [1.165, 1.54) is 12.1 Å². The number of rotatable bonds is 10. The molecule has 0 unspecified atom stereocenters. The summed E-state index contributed by atoms with van der Waals surface area (Å²) in [6.07, 6.45) is -0.523. The van der Waals surface area contributed by atoms with Gasteiger partial charge in [-0.2, -0.15) is 0 Å². The monoisotopic (exact) mass is 564 g/mol. The summed E-state index contributed by atoms with van der Waals surface area (Å²) in [4.78, 5) is 41.2. The molecular formula is C33H32N4O5. The van der Waals surface area contributed by atoms with Crippen LogP contribution < -0.4 is 15.0 Å². The number of carbonyl (C=O) groups is 2. The molecule has 1 atom stereocenters. The molecule has 9 heteroatoms. The Hall–Kier alpha value is -5.18. The maximum absolute atomic E-state index is 14.1. The number of hydrogen-bond acceptors (Lipinski definition) is 6. The second-order valence-electron chi connectivity index (χ2n) is 10.4. The highest BCUT2D eigenvalue weighted by molar-refractivity contribution is 6.02. The minimum Gasteiger partial charge on any atom is -0.484 e. The van der Waals surface area contributed by atoms with E-state index < -0.39 is 11.1 Å². The molecule has 1 aliphatic heterocycles. The number of nitrogens with zero attached hydrogens (tertiary/aromatic N) is 3. The normalized spacial score (nSPS) is 14.5. The topological polar surface area (TPSA) is 105 Å². The lowest BCUT2D eigenvalue weighted by Crippen LogP contribution is -2.48. The van der Waals surface area contributed by atoms with Gasteiger partial charge in [-0.05, 0) is 48.7 Å². The van der Waals surface area contributed by atoms with Crippen LogP contribution in [-0.2, 0) is 17.9 Å². The van der Waals surface area contributed by atoms with Crippen LogP contribution in [0.1, 0.15) is 47.1 Å². The van der Waals surface area contributed by atoms with E-state index >= 15 is 0 Å². The van der Waals surface area contributed by atoms with Crippen molar-refractivity contribution in [2.24, 2.45) is 0 Å². The van der Waals surface area contributed by atoms with Crippen LogP contribution in [0.2, 0.25) is 0 Å². The van der Waals surface area contributed by atoms with Crippen molar-refractivity contribution in [1.29, 1.82) is 0 Å². The zero-order valence-electron chi connectivity index (χ0n) is 23.5. The van der Waals surface area contributed by atoms with Crippen molar-refractivity contribution in [3.05, 3.63) is 135 Å². The van der Waals surface area contributed by atoms with Gasteiger partial charge in [0.25, 0.3) is 17.5 Å². The third kappa shape index (κ3) is 6.41. The lowest BCUT2D eigenvalue weighted by Gasteiger charge is -2.46. The maximum Gasteiger partial charge on any atom is 0.270 e. The average molecular weight is 565 g/mol. The Morgan fingerprint density at radius 2 is 1.48 bits per heavy atom. The lowest BCUT2D eigenvalue weighted by atomic mass is 9.98. The molecule has 1 heterocycles. The van der Waals surface area contributed by atoms with Crippen molar-refractivity contribution in [2.45, 2.75) is 39.1 Å². The first kappa shape index (κ1) is 28.4. The zero-order valence-corrected chi connectivity index (χ0v) is 23.5. The number of amides is 2. The minimum absolute atomic E-state index is 0.0165. The summed E-state index contributed by atoms with van der Waals surface area (Å²) in [6, 6.07) is 31.4. The van der Waals surface area contributed by atoms with E-state index in [4.69, 9.17) is 4.74 Å². The first-order chi connectivity index (χ1) is 20.3. The number of nitro groups is 1. The molecule has 0 saturated heterocycles. The maximum atomic E-state index is 14.1. The Labute approximate surface area is 244 Å². The van der Waals surface area contributed by atoms with Crippen molar-refractivity contribution in [1.82, 2.24) is 10.2 Å². The van der Waals surface area contributed by atoms with Crippen molar-refractivity contribution >= 4 is 23.2 Å². The van der Waals surface area contributed by atoms with Crippen molar-refractivity contribution in [3.63, 3.8) is 0 Å². The van der Waals surface area contributed by atoms with E-state index in [1.54, 1.807) is 23.1 Å². The van der Waals surface area contributed by atoms with Gasteiger partial charge in [-0.1, -0.05) is 72.8 Å². The van der Waals surface area contributed by atoms with Gasteiger partial charge in [0.15, 0.2) is 6.61 Å². The molecule has 1 aliphatic rings. The van der Waals surface area contributed by atoms with Crippen LogP contribution in [0.4, 0.5) is 11.4 Å². The molecule has 1 N–H and O–H groups in total. The molecule has 4 aromatic rings. The number of anilines is 1. The third-order valence-corrected chi connectivity index (χ3v) is 6.97. The van der Waals surface area contributed by atoms with E-state index in [-0.39, 0.29) is 35.7 Å².